The second-order valence-corrected chi connectivity index (χ2v) is 6.51. The number of aromatic amines is 1. The third-order valence-corrected chi connectivity index (χ3v) is 4.79. The molecule has 1 aliphatic carbocycles. The first kappa shape index (κ1) is 15.1. The molecule has 1 aliphatic rings. The van der Waals surface area contributed by atoms with Gasteiger partial charge in [-0.2, -0.15) is 0 Å². The Labute approximate surface area is 142 Å². The van der Waals surface area contributed by atoms with E-state index in [-0.39, 0.29) is 6.04 Å². The lowest BCUT2D eigenvalue weighted by Crippen LogP contribution is -2.30. The van der Waals surface area contributed by atoms with Gasteiger partial charge in [-0.1, -0.05) is 29.8 Å². The van der Waals surface area contributed by atoms with Gasteiger partial charge < -0.3 is 4.98 Å². The highest BCUT2D eigenvalue weighted by Gasteiger charge is 2.25. The number of nitrogens with one attached hydrogen (secondary N) is 2. The smallest absolute Gasteiger partial charge is 0.127 e. The molecule has 2 atom stereocenters. The molecule has 0 saturated heterocycles. The first-order chi connectivity index (χ1) is 11.8. The second kappa shape index (κ2) is 6.57. The highest BCUT2D eigenvalue weighted by molar-refractivity contribution is 5.36. The highest BCUT2D eigenvalue weighted by Crippen LogP contribution is 2.33. The van der Waals surface area contributed by atoms with Crippen molar-refractivity contribution in [2.75, 3.05) is 0 Å². The minimum atomic E-state index is 0.0187. The van der Waals surface area contributed by atoms with E-state index in [1.165, 1.54) is 29.5 Å². The van der Waals surface area contributed by atoms with Crippen LogP contribution in [0.25, 0.3) is 0 Å². The maximum Gasteiger partial charge on any atom is 0.127 e. The average Bonchev–Trinajstić information content (AvgIpc) is 3.15. The summed E-state index contributed by atoms with van der Waals surface area (Å²) < 4.78 is 0. The molecule has 2 heterocycles. The number of rotatable bonds is 4. The van der Waals surface area contributed by atoms with Crippen molar-refractivity contribution in [3.05, 3.63) is 83.2 Å². The van der Waals surface area contributed by atoms with Crippen LogP contribution in [0, 0.1) is 6.92 Å². The number of aryl methyl sites for hydroxylation is 2. The van der Waals surface area contributed by atoms with Gasteiger partial charge in [0.2, 0.25) is 0 Å². The lowest BCUT2D eigenvalue weighted by atomic mass is 9.86. The van der Waals surface area contributed by atoms with Crippen LogP contribution in [0.5, 0.6) is 0 Å². The minimum Gasteiger partial charge on any atom is -0.347 e. The van der Waals surface area contributed by atoms with Crippen LogP contribution in [0.3, 0.4) is 0 Å². The summed E-state index contributed by atoms with van der Waals surface area (Å²) in [6.07, 6.45) is 10.9. The van der Waals surface area contributed by atoms with E-state index in [0.29, 0.717) is 6.04 Å². The number of hydrogen-bond donors (Lipinski definition) is 2. The SMILES string of the molecule is Cc1ccc2c(c1)[C@@H](N[C@H](c1cccnc1)c1ncc[nH]1)CCC2. The fourth-order valence-corrected chi connectivity index (χ4v) is 3.61. The maximum atomic E-state index is 4.49. The van der Waals surface area contributed by atoms with Gasteiger partial charge in [0.05, 0.1) is 6.04 Å². The number of hydrogen-bond acceptors (Lipinski definition) is 3. The molecule has 2 aromatic heterocycles. The molecule has 24 heavy (non-hydrogen) atoms. The van der Waals surface area contributed by atoms with Gasteiger partial charge in [0.15, 0.2) is 0 Å². The Morgan fingerprint density at radius 3 is 3.00 bits per heavy atom. The molecule has 0 bridgehead atoms. The fourth-order valence-electron chi connectivity index (χ4n) is 3.61. The summed E-state index contributed by atoms with van der Waals surface area (Å²) in [7, 11) is 0. The predicted molar refractivity (Wildman–Crippen MR) is 94.7 cm³/mol. The molecular weight excluding hydrogens is 296 g/mol. The van der Waals surface area contributed by atoms with E-state index < -0.39 is 0 Å². The molecule has 2 N–H and O–H groups in total. The molecular formula is C20H22N4. The van der Waals surface area contributed by atoms with Crippen LogP contribution in [0.4, 0.5) is 0 Å². The van der Waals surface area contributed by atoms with Crippen LogP contribution >= 0.6 is 0 Å². The van der Waals surface area contributed by atoms with Crippen LogP contribution in [-0.4, -0.2) is 15.0 Å². The molecule has 4 nitrogen and oxygen atoms in total. The Morgan fingerprint density at radius 1 is 1.25 bits per heavy atom. The van der Waals surface area contributed by atoms with Gasteiger partial charge in [-0.25, -0.2) is 4.98 Å². The van der Waals surface area contributed by atoms with Gasteiger partial charge in [-0.15, -0.1) is 0 Å². The van der Waals surface area contributed by atoms with Gasteiger partial charge in [-0.05, 0) is 48.9 Å². The molecule has 122 valence electrons. The standard InChI is InChI=1S/C20H22N4/c1-14-7-8-15-4-2-6-18(17(15)12-14)24-19(20-22-10-11-23-20)16-5-3-9-21-13-16/h3,5,7-13,18-19,24H,2,4,6H2,1H3,(H,22,23)/t18-,19+/m0/s1. The van der Waals surface area contributed by atoms with Gasteiger partial charge in [0.25, 0.3) is 0 Å². The van der Waals surface area contributed by atoms with E-state index in [4.69, 9.17) is 0 Å². The lowest BCUT2D eigenvalue weighted by molar-refractivity contribution is 0.420. The third-order valence-electron chi connectivity index (χ3n) is 4.79. The van der Waals surface area contributed by atoms with Gasteiger partial charge in [0.1, 0.15) is 5.82 Å². The molecule has 4 rings (SSSR count). The molecule has 1 aromatic carbocycles. The second-order valence-electron chi connectivity index (χ2n) is 6.51. The summed E-state index contributed by atoms with van der Waals surface area (Å²) in [5.74, 6) is 0.933. The first-order valence-electron chi connectivity index (χ1n) is 8.56. The summed E-state index contributed by atoms with van der Waals surface area (Å²) in [4.78, 5) is 12.0. The fraction of sp³-hybridized carbons (Fsp3) is 0.300. The van der Waals surface area contributed by atoms with Crippen molar-refractivity contribution in [2.24, 2.45) is 0 Å². The topological polar surface area (TPSA) is 53.6 Å². The number of imidazole rings is 1. The number of aromatic nitrogens is 3. The van der Waals surface area contributed by atoms with E-state index in [2.05, 4.69) is 51.5 Å². The van der Waals surface area contributed by atoms with Crippen LogP contribution in [-0.2, 0) is 6.42 Å². The molecule has 0 amide bonds. The van der Waals surface area contributed by atoms with Gasteiger partial charge in [-0.3, -0.25) is 10.3 Å². The number of fused-ring (bicyclic) bond motifs is 1. The van der Waals surface area contributed by atoms with Crippen molar-refractivity contribution < 1.29 is 0 Å². The molecule has 0 spiro atoms. The highest BCUT2D eigenvalue weighted by atomic mass is 15.0. The average molecular weight is 318 g/mol. The van der Waals surface area contributed by atoms with E-state index in [1.807, 2.05) is 24.7 Å². The number of H-pyrrole nitrogens is 1. The summed E-state index contributed by atoms with van der Waals surface area (Å²) in [6, 6.07) is 11.3. The summed E-state index contributed by atoms with van der Waals surface area (Å²) in [5, 5.41) is 3.82. The van der Waals surface area contributed by atoms with E-state index in [9.17, 15) is 0 Å². The van der Waals surface area contributed by atoms with E-state index >= 15 is 0 Å². The van der Waals surface area contributed by atoms with Crippen LogP contribution in [0.2, 0.25) is 0 Å². The minimum absolute atomic E-state index is 0.0187. The number of pyridine rings is 1. The third kappa shape index (κ3) is 2.97. The molecule has 4 heteroatoms. The Balaban J connectivity index is 1.68. The molecule has 0 fully saturated rings. The monoisotopic (exact) mass is 318 g/mol. The van der Waals surface area contributed by atoms with Crippen LogP contribution in [0.15, 0.2) is 55.1 Å². The van der Waals surface area contributed by atoms with Crippen molar-refractivity contribution in [1.29, 1.82) is 0 Å². The normalized spacial score (nSPS) is 18.1. The molecule has 3 aromatic rings. The van der Waals surface area contributed by atoms with Crippen molar-refractivity contribution in [3.63, 3.8) is 0 Å². The summed E-state index contributed by atoms with van der Waals surface area (Å²) in [6.45, 7) is 2.16. The largest absolute Gasteiger partial charge is 0.347 e. The Hall–Kier alpha value is -2.46. The lowest BCUT2D eigenvalue weighted by Gasteiger charge is -2.30. The number of benzene rings is 1. The van der Waals surface area contributed by atoms with E-state index in [1.54, 1.807) is 6.20 Å². The first-order valence-corrected chi connectivity index (χ1v) is 8.56. The molecule has 0 unspecified atom stereocenters. The zero-order valence-electron chi connectivity index (χ0n) is 13.9. The summed E-state index contributed by atoms with van der Waals surface area (Å²) in [5.41, 5.74) is 5.35. The van der Waals surface area contributed by atoms with Crippen molar-refractivity contribution in [2.45, 2.75) is 38.3 Å². The quantitative estimate of drug-likeness (QED) is 0.768. The Bertz CT molecular complexity index is 796. The summed E-state index contributed by atoms with van der Waals surface area (Å²) >= 11 is 0. The Morgan fingerprint density at radius 2 is 2.21 bits per heavy atom. The molecule has 0 radical (unpaired) electrons. The Kier molecular flexibility index (Phi) is 4.13. The molecule has 0 aliphatic heterocycles. The zero-order valence-corrected chi connectivity index (χ0v) is 13.9. The van der Waals surface area contributed by atoms with Gasteiger partial charge >= 0.3 is 0 Å². The van der Waals surface area contributed by atoms with Crippen LogP contribution < -0.4 is 5.32 Å². The zero-order chi connectivity index (χ0) is 16.4. The van der Waals surface area contributed by atoms with Gasteiger partial charge in [0, 0.05) is 30.8 Å². The number of nitrogens with zero attached hydrogens (tertiary/aromatic N) is 2. The van der Waals surface area contributed by atoms with Crippen molar-refractivity contribution in [1.82, 2.24) is 20.3 Å². The van der Waals surface area contributed by atoms with Crippen molar-refractivity contribution >= 4 is 0 Å². The van der Waals surface area contributed by atoms with Crippen LogP contribution in [0.1, 0.15) is 53.0 Å². The maximum absolute atomic E-state index is 4.49. The predicted octanol–water partition coefficient (Wildman–Crippen LogP) is 3.87. The van der Waals surface area contributed by atoms with E-state index in [0.717, 1.165) is 17.8 Å². The molecule has 0 saturated carbocycles. The van der Waals surface area contributed by atoms with Crippen molar-refractivity contribution in [3.8, 4) is 0 Å².